The zero-order chi connectivity index (χ0) is 32.9. The van der Waals surface area contributed by atoms with E-state index in [-0.39, 0.29) is 71.2 Å². The average molecular weight is 672 g/mol. The van der Waals surface area contributed by atoms with E-state index in [1.165, 1.54) is 12.1 Å². The Kier molecular flexibility index (Phi) is 10.4. The highest BCUT2D eigenvalue weighted by Gasteiger charge is 2.35. The number of fused-ring (bicyclic) bond motifs is 1. The molecular weight excluding hydrogens is 645 g/mol. The minimum Gasteiger partial charge on any atom is -0.493 e. The number of ether oxygens (including phenoxy) is 2. The number of hydrogen-bond acceptors (Lipinski definition) is 8. The molecule has 2 aromatic carbocycles. The predicted octanol–water partition coefficient (Wildman–Crippen LogP) is 5.09. The van der Waals surface area contributed by atoms with Gasteiger partial charge in [-0.05, 0) is 18.2 Å². The van der Waals surface area contributed by atoms with E-state index >= 15 is 0 Å². The maximum Gasteiger partial charge on any atom is 0.410 e. The number of carbonyl (C=O) groups excluding carboxylic acids is 1. The van der Waals surface area contributed by atoms with E-state index in [4.69, 9.17) is 44.1 Å². The van der Waals surface area contributed by atoms with Crippen molar-refractivity contribution < 1.29 is 36.9 Å². The van der Waals surface area contributed by atoms with Crippen molar-refractivity contribution in [2.24, 2.45) is 15.7 Å². The van der Waals surface area contributed by atoms with Gasteiger partial charge in [-0.3, -0.25) is 9.89 Å². The smallest absolute Gasteiger partial charge is 0.410 e. The van der Waals surface area contributed by atoms with Gasteiger partial charge in [0.1, 0.15) is 29.3 Å². The first-order valence-corrected chi connectivity index (χ1v) is 13.9. The molecule has 240 valence electrons. The van der Waals surface area contributed by atoms with E-state index in [2.05, 4.69) is 20.0 Å². The Morgan fingerprint density at radius 3 is 2.64 bits per heavy atom. The van der Waals surface area contributed by atoms with Crippen LogP contribution in [0, 0.1) is 11.6 Å². The maximum absolute atomic E-state index is 14.7. The number of nitrogens with two attached hydrogens (primary N) is 2. The number of alkyl halides is 2. The molecule has 0 unspecified atom stereocenters. The van der Waals surface area contributed by atoms with Gasteiger partial charge in [0.25, 0.3) is 5.92 Å². The molecule has 5 N–H and O–H groups in total. The van der Waals surface area contributed by atoms with Gasteiger partial charge in [-0.15, -0.1) is 0 Å². The first-order valence-electron chi connectivity index (χ1n) is 13.2. The van der Waals surface area contributed by atoms with E-state index in [1.54, 1.807) is 0 Å². The number of nitrogens with zero attached hydrogens (tertiary/aromatic N) is 5. The molecule has 2 heterocycles. The molecule has 4 rings (SSSR count). The van der Waals surface area contributed by atoms with Crippen molar-refractivity contribution >= 4 is 47.9 Å². The molecule has 3 aromatic rings. The highest BCUT2D eigenvalue weighted by Crippen LogP contribution is 2.43. The fourth-order valence-corrected chi connectivity index (χ4v) is 5.12. The summed E-state index contributed by atoms with van der Waals surface area (Å²) >= 11 is 12.9. The van der Waals surface area contributed by atoms with Gasteiger partial charge >= 0.3 is 6.09 Å². The lowest BCUT2D eigenvalue weighted by atomic mass is 9.90. The van der Waals surface area contributed by atoms with Crippen molar-refractivity contribution in [3.63, 3.8) is 0 Å². The third-order valence-electron chi connectivity index (χ3n) is 6.56. The Morgan fingerprint density at radius 2 is 1.96 bits per heavy atom. The maximum atomic E-state index is 14.7. The van der Waals surface area contributed by atoms with Crippen LogP contribution >= 0.6 is 23.2 Å². The summed E-state index contributed by atoms with van der Waals surface area (Å²) in [4.78, 5) is 29.7. The zero-order valence-corrected chi connectivity index (χ0v) is 25.1. The van der Waals surface area contributed by atoms with Crippen LogP contribution in [0.3, 0.4) is 0 Å². The van der Waals surface area contributed by atoms with Crippen LogP contribution in [0.5, 0.6) is 5.75 Å². The molecule has 0 aliphatic carbocycles. The summed E-state index contributed by atoms with van der Waals surface area (Å²) in [6, 6.07) is 5.55. The van der Waals surface area contributed by atoms with Crippen molar-refractivity contribution in [1.29, 1.82) is 0 Å². The fraction of sp³-hybridized carbons (Fsp3) is 0.321. The quantitative estimate of drug-likeness (QED) is 0.144. The monoisotopic (exact) mass is 671 g/mol. The molecule has 1 aliphatic rings. The second kappa shape index (κ2) is 13.8. The van der Waals surface area contributed by atoms with Crippen LogP contribution in [-0.2, 0) is 23.4 Å². The van der Waals surface area contributed by atoms with Crippen LogP contribution in [0.4, 0.5) is 28.3 Å². The lowest BCUT2D eigenvalue weighted by Gasteiger charge is -2.27. The molecule has 11 nitrogen and oxygen atoms in total. The normalized spacial score (nSPS) is 14.6. The third kappa shape index (κ3) is 8.29. The van der Waals surface area contributed by atoms with Gasteiger partial charge < -0.3 is 26.0 Å². The molecule has 45 heavy (non-hydrogen) atoms. The minimum atomic E-state index is -3.22. The van der Waals surface area contributed by atoms with Gasteiger partial charge in [-0.25, -0.2) is 37.3 Å². The number of hydrogen-bond donors (Lipinski definition) is 3. The molecule has 1 aromatic heterocycles. The number of nitrogen functional groups attached to an aromatic ring is 1. The van der Waals surface area contributed by atoms with Crippen LogP contribution in [0.2, 0.25) is 10.0 Å². The lowest BCUT2D eigenvalue weighted by molar-refractivity contribution is -0.0455. The van der Waals surface area contributed by atoms with Crippen molar-refractivity contribution in [3.05, 3.63) is 68.8 Å². The summed E-state index contributed by atoms with van der Waals surface area (Å²) in [6.45, 7) is -1.36. The van der Waals surface area contributed by atoms with Crippen molar-refractivity contribution in [1.82, 2.24) is 14.9 Å². The number of carbonyl (C=O) groups is 1. The number of amides is 1. The first-order chi connectivity index (χ1) is 21.2. The number of aliphatic imine (C=N–C) groups is 2. The summed E-state index contributed by atoms with van der Waals surface area (Å²) in [6.07, 6.45) is 0.783. The summed E-state index contributed by atoms with van der Waals surface area (Å²) in [5.74, 6) is -5.15. The van der Waals surface area contributed by atoms with Crippen LogP contribution < -0.4 is 16.2 Å². The molecule has 0 fully saturated rings. The second-order valence-corrected chi connectivity index (χ2v) is 10.9. The van der Waals surface area contributed by atoms with Gasteiger partial charge in [0, 0.05) is 35.6 Å². The SMILES string of the molecule is CC(F)(F)COC(=O)N1Cc2nc(N)nc(-c3c(Cl)cc(Cl)cc3OCC[C@@](O)(CN=CN=CN)c3ccc(F)cc3F)c2C1. The van der Waals surface area contributed by atoms with E-state index in [0.29, 0.717) is 24.2 Å². The van der Waals surface area contributed by atoms with Gasteiger partial charge in [-0.1, -0.05) is 29.3 Å². The zero-order valence-electron chi connectivity index (χ0n) is 23.6. The van der Waals surface area contributed by atoms with Gasteiger partial charge in [0.15, 0.2) is 6.61 Å². The molecule has 17 heteroatoms. The van der Waals surface area contributed by atoms with E-state index in [9.17, 15) is 27.5 Å². The summed E-state index contributed by atoms with van der Waals surface area (Å²) < 4.78 is 65.6. The molecule has 1 atom stereocenters. The van der Waals surface area contributed by atoms with Crippen molar-refractivity contribution in [3.8, 4) is 17.0 Å². The second-order valence-electron chi connectivity index (χ2n) is 10.1. The van der Waals surface area contributed by atoms with Crippen LogP contribution in [-0.4, -0.2) is 64.4 Å². The third-order valence-corrected chi connectivity index (χ3v) is 7.07. The van der Waals surface area contributed by atoms with Gasteiger partial charge in [0.05, 0.1) is 54.6 Å². The van der Waals surface area contributed by atoms with Crippen LogP contribution in [0.1, 0.15) is 30.2 Å². The number of aliphatic hydroxyl groups is 1. The Bertz CT molecular complexity index is 1640. The highest BCUT2D eigenvalue weighted by atomic mass is 35.5. The van der Waals surface area contributed by atoms with Gasteiger partial charge in [-0.2, -0.15) is 0 Å². The largest absolute Gasteiger partial charge is 0.493 e. The molecule has 0 saturated heterocycles. The molecule has 1 aliphatic heterocycles. The van der Waals surface area contributed by atoms with Crippen LogP contribution in [0.15, 0.2) is 40.3 Å². The van der Waals surface area contributed by atoms with Crippen molar-refractivity contribution in [2.75, 3.05) is 25.5 Å². The number of halogens is 6. The average Bonchev–Trinajstić information content (AvgIpc) is 3.37. The molecule has 0 radical (unpaired) electrons. The Balaban J connectivity index is 1.64. The van der Waals surface area contributed by atoms with E-state index in [1.807, 2.05) is 0 Å². The molecule has 0 bridgehead atoms. The predicted molar refractivity (Wildman–Crippen MR) is 160 cm³/mol. The Morgan fingerprint density at radius 1 is 1.20 bits per heavy atom. The number of anilines is 1. The van der Waals surface area contributed by atoms with Gasteiger partial charge in [0.2, 0.25) is 5.95 Å². The number of rotatable bonds is 11. The number of benzene rings is 2. The standard InChI is InChI=1S/C28H27Cl2F4N7O4/c1-27(33,34)12-45-26(42)41-9-17-21(10-41)39-25(36)40-24(17)23-19(30)6-15(29)7-22(23)44-5-4-28(43,11-37-14-38-13-35)18-3-2-16(31)8-20(18)32/h2-3,6-8,13-14,43H,4-5,9-12H2,1H3,(H2,35,37,38)(H2,36,39,40)/t28-/m1/s1. The molecule has 1 amide bonds. The molecule has 0 spiro atoms. The molecule has 0 saturated carbocycles. The van der Waals surface area contributed by atoms with E-state index < -0.39 is 35.9 Å². The Labute approximate surface area is 264 Å². The fourth-order valence-electron chi connectivity index (χ4n) is 4.56. The topological polar surface area (TPSA) is 162 Å². The van der Waals surface area contributed by atoms with E-state index in [0.717, 1.165) is 29.7 Å². The Hall–Kier alpha value is -4.21. The summed E-state index contributed by atoms with van der Waals surface area (Å²) in [7, 11) is 0. The summed E-state index contributed by atoms with van der Waals surface area (Å²) in [5.41, 5.74) is 10.1. The molecular formula is C28H27Cl2F4N7O4. The number of aromatic nitrogens is 2. The minimum absolute atomic E-state index is 0.0774. The van der Waals surface area contributed by atoms with Crippen LogP contribution in [0.25, 0.3) is 11.3 Å². The first kappa shape index (κ1) is 33.7. The highest BCUT2D eigenvalue weighted by molar-refractivity contribution is 6.37. The lowest BCUT2D eigenvalue weighted by Crippen LogP contribution is -2.33. The summed E-state index contributed by atoms with van der Waals surface area (Å²) in [5, 5.41) is 11.7. The van der Waals surface area contributed by atoms with Crippen molar-refractivity contribution in [2.45, 2.75) is 38.0 Å².